The van der Waals surface area contributed by atoms with Gasteiger partial charge in [0.15, 0.2) is 0 Å². The monoisotopic (exact) mass is 531 g/mol. The normalized spacial score (nSPS) is 12.6. The van der Waals surface area contributed by atoms with Crippen LogP contribution in [-0.4, -0.2) is 71.6 Å². The molecule has 0 spiro atoms. The number of nitrogens with one attached hydrogen (secondary N) is 3. The molecule has 0 aliphatic carbocycles. The van der Waals surface area contributed by atoms with Gasteiger partial charge in [0.2, 0.25) is 17.7 Å². The van der Waals surface area contributed by atoms with E-state index in [-0.39, 0.29) is 36.3 Å². The van der Waals surface area contributed by atoms with Gasteiger partial charge in [0.25, 0.3) is 0 Å². The Balaban J connectivity index is 5.28. The van der Waals surface area contributed by atoms with E-state index in [0.717, 1.165) is 18.6 Å². The zero-order chi connectivity index (χ0) is 27.6. The number of aliphatic carboxylic acids is 1. The molecule has 210 valence electrons. The van der Waals surface area contributed by atoms with Gasteiger partial charge < -0.3 is 25.8 Å². The number of hydrogen-bond acceptors (Lipinski definition) is 6. The van der Waals surface area contributed by atoms with Gasteiger partial charge in [0.05, 0.1) is 17.4 Å². The van der Waals surface area contributed by atoms with Crippen LogP contribution in [-0.2, 0) is 23.9 Å². The van der Waals surface area contributed by atoms with Crippen molar-refractivity contribution in [3.8, 4) is 0 Å². The van der Waals surface area contributed by atoms with Crippen molar-refractivity contribution < 1.29 is 29.0 Å². The molecule has 0 unspecified atom stereocenters. The van der Waals surface area contributed by atoms with Crippen LogP contribution < -0.4 is 16.0 Å². The van der Waals surface area contributed by atoms with Crippen LogP contribution in [0.5, 0.6) is 0 Å². The van der Waals surface area contributed by atoms with Crippen LogP contribution in [0.15, 0.2) is 0 Å². The van der Waals surface area contributed by atoms with Crippen molar-refractivity contribution >= 4 is 35.5 Å². The van der Waals surface area contributed by atoms with Gasteiger partial charge in [0, 0.05) is 31.9 Å². The minimum absolute atomic E-state index is 0.0200. The van der Waals surface area contributed by atoms with E-state index in [0.29, 0.717) is 51.0 Å². The highest BCUT2D eigenvalue weighted by molar-refractivity contribution is 7.99. The Morgan fingerprint density at radius 2 is 1.53 bits per heavy atom. The molecule has 0 aromatic carbocycles. The Labute approximate surface area is 221 Å². The maximum absolute atomic E-state index is 13.5. The van der Waals surface area contributed by atoms with Gasteiger partial charge >= 0.3 is 5.97 Å². The predicted molar refractivity (Wildman–Crippen MR) is 145 cm³/mol. The second kappa shape index (κ2) is 18.4. The summed E-state index contributed by atoms with van der Waals surface area (Å²) in [7, 11) is 0. The van der Waals surface area contributed by atoms with Crippen LogP contribution in [0.2, 0.25) is 0 Å². The van der Waals surface area contributed by atoms with E-state index in [1.807, 2.05) is 27.7 Å². The molecule has 4 N–H and O–H groups in total. The highest BCUT2D eigenvalue weighted by Crippen LogP contribution is 2.33. The van der Waals surface area contributed by atoms with Gasteiger partial charge in [-0.1, -0.05) is 41.5 Å². The van der Waals surface area contributed by atoms with Crippen LogP contribution in [0.25, 0.3) is 0 Å². The Bertz CT molecular complexity index is 681. The fourth-order valence-electron chi connectivity index (χ4n) is 4.08. The SMILES string of the molecule is CCSC[C@H](NC(=O)C(CC)(CC)CCOC(CC)(CC)CCNC(=O)CC)C(=O)NCCC(=O)O. The summed E-state index contributed by atoms with van der Waals surface area (Å²) in [5.41, 5.74) is -1.05. The second-order valence-electron chi connectivity index (χ2n) is 9.05. The smallest absolute Gasteiger partial charge is 0.305 e. The van der Waals surface area contributed by atoms with Crippen LogP contribution in [0.3, 0.4) is 0 Å². The van der Waals surface area contributed by atoms with Crippen molar-refractivity contribution in [2.24, 2.45) is 5.41 Å². The summed E-state index contributed by atoms with van der Waals surface area (Å²) >= 11 is 1.54. The molecule has 0 aliphatic heterocycles. The van der Waals surface area contributed by atoms with Gasteiger partial charge in [-0.2, -0.15) is 11.8 Å². The van der Waals surface area contributed by atoms with E-state index in [2.05, 4.69) is 29.8 Å². The lowest BCUT2D eigenvalue weighted by molar-refractivity contribution is -0.139. The molecule has 1 atom stereocenters. The summed E-state index contributed by atoms with van der Waals surface area (Å²) in [6, 6.07) is -0.734. The first kappa shape index (κ1) is 34.2. The number of carbonyl (C=O) groups is 4. The van der Waals surface area contributed by atoms with Crippen LogP contribution >= 0.6 is 11.8 Å². The zero-order valence-electron chi connectivity index (χ0n) is 23.2. The molecule has 0 heterocycles. The third-order valence-corrected chi connectivity index (χ3v) is 8.06. The Kier molecular flexibility index (Phi) is 17.5. The third kappa shape index (κ3) is 12.0. The minimum atomic E-state index is -0.988. The third-order valence-electron chi connectivity index (χ3n) is 7.09. The summed E-state index contributed by atoms with van der Waals surface area (Å²) in [4.78, 5) is 48.5. The van der Waals surface area contributed by atoms with Gasteiger partial charge in [-0.25, -0.2) is 0 Å². The summed E-state index contributed by atoms with van der Waals surface area (Å²) < 4.78 is 6.38. The van der Waals surface area contributed by atoms with Crippen molar-refractivity contribution in [2.75, 3.05) is 31.2 Å². The van der Waals surface area contributed by atoms with E-state index in [9.17, 15) is 19.2 Å². The van der Waals surface area contributed by atoms with Crippen molar-refractivity contribution in [1.82, 2.24) is 16.0 Å². The molecule has 9 nitrogen and oxygen atoms in total. The number of carboxylic acid groups (broad SMARTS) is 1. The standard InChI is InChI=1S/C26H49N3O6S/c1-7-21(30)27-17-14-26(10-4,11-5)35-18-15-25(8-2,9-3)24(34)29-20(19-36-12-6)23(33)28-16-13-22(31)32/h20H,7-19H2,1-6H3,(H,27,30)(H,28,33)(H,29,34)(H,31,32)/t20-/m0/s1. The van der Waals surface area contributed by atoms with Crippen molar-refractivity contribution in [3.05, 3.63) is 0 Å². The Hall–Kier alpha value is -1.81. The highest BCUT2D eigenvalue weighted by atomic mass is 32.2. The average molecular weight is 532 g/mol. The quantitative estimate of drug-likeness (QED) is 0.178. The first-order valence-electron chi connectivity index (χ1n) is 13.4. The molecular formula is C26H49N3O6S. The molecule has 3 amide bonds. The van der Waals surface area contributed by atoms with Gasteiger partial charge in [-0.15, -0.1) is 0 Å². The summed E-state index contributed by atoms with van der Waals surface area (Å²) in [5.74, 6) is -0.304. The fourth-order valence-corrected chi connectivity index (χ4v) is 4.79. The van der Waals surface area contributed by atoms with Gasteiger partial charge in [-0.3, -0.25) is 19.2 Å². The molecule has 0 aliphatic rings. The van der Waals surface area contributed by atoms with Gasteiger partial charge in [0.1, 0.15) is 6.04 Å². The molecule has 0 saturated carbocycles. The van der Waals surface area contributed by atoms with Gasteiger partial charge in [-0.05, 0) is 44.3 Å². The topological polar surface area (TPSA) is 134 Å². The van der Waals surface area contributed by atoms with Crippen molar-refractivity contribution in [2.45, 2.75) is 105 Å². The Morgan fingerprint density at radius 3 is 2.03 bits per heavy atom. The lowest BCUT2D eigenvalue weighted by Crippen LogP contribution is -2.53. The lowest BCUT2D eigenvalue weighted by Gasteiger charge is -2.36. The number of ether oxygens (including phenoxy) is 1. The first-order valence-corrected chi connectivity index (χ1v) is 14.5. The van der Waals surface area contributed by atoms with Crippen molar-refractivity contribution in [1.29, 1.82) is 0 Å². The van der Waals surface area contributed by atoms with Crippen LogP contribution in [0, 0.1) is 5.41 Å². The van der Waals surface area contributed by atoms with E-state index < -0.39 is 17.4 Å². The fraction of sp³-hybridized carbons (Fsp3) is 0.846. The maximum atomic E-state index is 13.5. The Morgan fingerprint density at radius 1 is 0.889 bits per heavy atom. The predicted octanol–water partition coefficient (Wildman–Crippen LogP) is 3.50. The molecule has 0 rings (SSSR count). The number of hydrogen-bond donors (Lipinski definition) is 4. The van der Waals surface area contributed by atoms with Crippen LogP contribution in [0.4, 0.5) is 0 Å². The summed E-state index contributed by atoms with van der Waals surface area (Å²) in [6.07, 6.45) is 4.31. The molecule has 0 bridgehead atoms. The van der Waals surface area contributed by atoms with E-state index in [4.69, 9.17) is 9.84 Å². The number of carboxylic acids is 1. The van der Waals surface area contributed by atoms with E-state index >= 15 is 0 Å². The largest absolute Gasteiger partial charge is 0.481 e. The number of rotatable bonds is 21. The molecular weight excluding hydrogens is 482 g/mol. The molecule has 10 heteroatoms. The van der Waals surface area contributed by atoms with E-state index in [1.54, 1.807) is 11.8 Å². The lowest BCUT2D eigenvalue weighted by atomic mass is 9.78. The summed E-state index contributed by atoms with van der Waals surface area (Å²) in [5, 5.41) is 17.3. The second-order valence-corrected chi connectivity index (χ2v) is 10.4. The highest BCUT2D eigenvalue weighted by Gasteiger charge is 2.38. The van der Waals surface area contributed by atoms with Crippen LogP contribution in [0.1, 0.15) is 92.9 Å². The number of amides is 3. The first-order chi connectivity index (χ1) is 17.1. The molecule has 36 heavy (non-hydrogen) atoms. The molecule has 0 aromatic rings. The molecule has 0 radical (unpaired) electrons. The van der Waals surface area contributed by atoms with Crippen molar-refractivity contribution in [3.63, 3.8) is 0 Å². The minimum Gasteiger partial charge on any atom is -0.481 e. The average Bonchev–Trinajstić information content (AvgIpc) is 2.87. The molecule has 0 aromatic heterocycles. The zero-order valence-corrected chi connectivity index (χ0v) is 24.0. The number of thioether (sulfide) groups is 1. The summed E-state index contributed by atoms with van der Waals surface area (Å²) in [6.45, 7) is 12.9. The van der Waals surface area contributed by atoms with E-state index in [1.165, 1.54) is 0 Å². The molecule has 0 fully saturated rings. The maximum Gasteiger partial charge on any atom is 0.305 e. The molecule has 0 saturated heterocycles. The number of carbonyl (C=O) groups excluding carboxylic acids is 3.